The maximum absolute atomic E-state index is 13.2. The number of hydrogen-bond acceptors (Lipinski definition) is 6. The third kappa shape index (κ3) is 3.06. The van der Waals surface area contributed by atoms with E-state index in [1.807, 2.05) is 13.1 Å². The van der Waals surface area contributed by atoms with Crippen LogP contribution in [0.1, 0.15) is 18.6 Å². The molecule has 0 aliphatic carbocycles. The highest BCUT2D eigenvalue weighted by Crippen LogP contribution is 2.38. The topological polar surface area (TPSA) is 82.9 Å². The molecule has 0 bridgehead atoms. The van der Waals surface area contributed by atoms with Crippen molar-refractivity contribution in [3.05, 3.63) is 36.2 Å². The van der Waals surface area contributed by atoms with E-state index in [0.717, 1.165) is 12.1 Å². The van der Waals surface area contributed by atoms with Crippen LogP contribution in [0, 0.1) is 0 Å². The number of para-hydroxylation sites is 1. The van der Waals surface area contributed by atoms with Crippen molar-refractivity contribution in [2.75, 3.05) is 32.9 Å². The molecule has 1 saturated heterocycles. The zero-order chi connectivity index (χ0) is 18.1. The van der Waals surface area contributed by atoms with Gasteiger partial charge in [0.25, 0.3) is 0 Å². The Balaban J connectivity index is 1.62. The molecule has 1 aromatic heterocycles. The van der Waals surface area contributed by atoms with Gasteiger partial charge in [-0.05, 0) is 19.1 Å². The van der Waals surface area contributed by atoms with Crippen molar-refractivity contribution in [3.8, 4) is 11.5 Å². The summed E-state index contributed by atoms with van der Waals surface area (Å²) in [6, 6.07) is 4.95. The summed E-state index contributed by atoms with van der Waals surface area (Å²) in [7, 11) is -3.72. The Labute approximate surface area is 152 Å². The second-order valence-corrected chi connectivity index (χ2v) is 8.04. The van der Waals surface area contributed by atoms with Crippen molar-refractivity contribution in [2.45, 2.75) is 24.5 Å². The van der Waals surface area contributed by atoms with Crippen molar-refractivity contribution < 1.29 is 22.6 Å². The normalized spacial score (nSPS) is 20.9. The summed E-state index contributed by atoms with van der Waals surface area (Å²) in [5.41, 5.74) is 0.876. The fourth-order valence-electron chi connectivity index (χ4n) is 3.15. The predicted molar refractivity (Wildman–Crippen MR) is 92.8 cm³/mol. The molecule has 2 aliphatic heterocycles. The van der Waals surface area contributed by atoms with E-state index in [1.54, 1.807) is 29.1 Å². The molecule has 0 saturated carbocycles. The summed E-state index contributed by atoms with van der Waals surface area (Å²) in [5.74, 6) is 0.756. The maximum Gasteiger partial charge on any atom is 0.247 e. The molecule has 0 N–H and O–H groups in total. The number of sulfonamides is 1. The van der Waals surface area contributed by atoms with E-state index in [0.29, 0.717) is 37.9 Å². The third-order valence-corrected chi connectivity index (χ3v) is 6.41. The minimum absolute atomic E-state index is 0.139. The highest BCUT2D eigenvalue weighted by atomic mass is 32.2. The van der Waals surface area contributed by atoms with Crippen LogP contribution in [-0.2, 0) is 21.3 Å². The molecule has 1 atom stereocenters. The molecule has 2 aliphatic rings. The standard InChI is InChI=1S/C17H21N3O5S/c1-2-19-11-13(10-18-19)15-12-20(6-7-23-15)26(21,22)16-5-3-4-14-17(16)25-9-8-24-14/h3-5,10-11,15H,2,6-9,12H2,1H3/t15-/m0/s1. The summed E-state index contributed by atoms with van der Waals surface area (Å²) < 4.78 is 46.5. The van der Waals surface area contributed by atoms with Crippen LogP contribution in [0.25, 0.3) is 0 Å². The number of aromatic nitrogens is 2. The van der Waals surface area contributed by atoms with E-state index < -0.39 is 10.0 Å². The van der Waals surface area contributed by atoms with Crippen LogP contribution in [-0.4, -0.2) is 55.4 Å². The van der Waals surface area contributed by atoms with Gasteiger partial charge in [-0.3, -0.25) is 4.68 Å². The van der Waals surface area contributed by atoms with Crippen molar-refractivity contribution in [1.29, 1.82) is 0 Å². The fourth-order valence-corrected chi connectivity index (χ4v) is 4.72. The van der Waals surface area contributed by atoms with E-state index in [4.69, 9.17) is 14.2 Å². The number of benzene rings is 1. The third-order valence-electron chi connectivity index (χ3n) is 4.53. The Morgan fingerprint density at radius 3 is 2.88 bits per heavy atom. The van der Waals surface area contributed by atoms with Gasteiger partial charge >= 0.3 is 0 Å². The van der Waals surface area contributed by atoms with Crippen LogP contribution >= 0.6 is 0 Å². The molecular weight excluding hydrogens is 358 g/mol. The molecule has 0 unspecified atom stereocenters. The monoisotopic (exact) mass is 379 g/mol. The molecule has 0 radical (unpaired) electrons. The van der Waals surface area contributed by atoms with Gasteiger partial charge in [-0.25, -0.2) is 8.42 Å². The van der Waals surface area contributed by atoms with Gasteiger partial charge in [-0.2, -0.15) is 9.40 Å². The Hall–Kier alpha value is -2.10. The Bertz CT molecular complexity index is 896. The van der Waals surface area contributed by atoms with Gasteiger partial charge < -0.3 is 14.2 Å². The van der Waals surface area contributed by atoms with Crippen LogP contribution in [0.5, 0.6) is 11.5 Å². The van der Waals surface area contributed by atoms with Gasteiger partial charge in [0.15, 0.2) is 11.5 Å². The summed E-state index contributed by atoms with van der Waals surface area (Å²) >= 11 is 0. The number of morpholine rings is 1. The second kappa shape index (κ2) is 6.90. The summed E-state index contributed by atoms with van der Waals surface area (Å²) in [6.07, 6.45) is 3.28. The van der Waals surface area contributed by atoms with E-state index in [9.17, 15) is 8.42 Å². The lowest BCUT2D eigenvalue weighted by molar-refractivity contribution is -0.00267. The molecule has 140 valence electrons. The van der Waals surface area contributed by atoms with Crippen molar-refractivity contribution in [2.24, 2.45) is 0 Å². The smallest absolute Gasteiger partial charge is 0.247 e. The molecule has 2 aromatic rings. The molecule has 8 nitrogen and oxygen atoms in total. The number of nitrogens with zero attached hydrogens (tertiary/aromatic N) is 3. The molecule has 4 rings (SSSR count). The molecule has 1 aromatic carbocycles. The Kier molecular flexibility index (Phi) is 4.60. The highest BCUT2D eigenvalue weighted by molar-refractivity contribution is 7.89. The first-order chi connectivity index (χ1) is 12.6. The van der Waals surface area contributed by atoms with Crippen LogP contribution in [0.2, 0.25) is 0 Å². The van der Waals surface area contributed by atoms with Crippen molar-refractivity contribution in [3.63, 3.8) is 0 Å². The lowest BCUT2D eigenvalue weighted by Gasteiger charge is -2.32. The summed E-state index contributed by atoms with van der Waals surface area (Å²) in [4.78, 5) is 0.139. The van der Waals surface area contributed by atoms with E-state index in [1.165, 1.54) is 4.31 Å². The van der Waals surface area contributed by atoms with Gasteiger partial charge in [-0.15, -0.1) is 0 Å². The quantitative estimate of drug-likeness (QED) is 0.799. The number of fused-ring (bicyclic) bond motifs is 1. The highest BCUT2D eigenvalue weighted by Gasteiger charge is 2.35. The molecular formula is C17H21N3O5S. The number of hydrogen-bond donors (Lipinski definition) is 0. The first-order valence-corrected chi connectivity index (χ1v) is 10.1. The molecule has 0 spiro atoms. The maximum atomic E-state index is 13.2. The largest absolute Gasteiger partial charge is 0.486 e. The molecule has 3 heterocycles. The van der Waals surface area contributed by atoms with Crippen LogP contribution in [0.4, 0.5) is 0 Å². The van der Waals surface area contributed by atoms with Crippen LogP contribution in [0.15, 0.2) is 35.5 Å². The summed E-state index contributed by atoms with van der Waals surface area (Å²) in [5, 5.41) is 4.25. The van der Waals surface area contributed by atoms with Gasteiger partial charge in [0.1, 0.15) is 18.1 Å². The van der Waals surface area contributed by atoms with Gasteiger partial charge in [0.2, 0.25) is 10.0 Å². The minimum Gasteiger partial charge on any atom is -0.486 e. The summed E-state index contributed by atoms with van der Waals surface area (Å²) in [6.45, 7) is 4.36. The first kappa shape index (κ1) is 17.3. The molecule has 26 heavy (non-hydrogen) atoms. The average Bonchev–Trinajstić information content (AvgIpc) is 3.17. The molecule has 0 amide bonds. The first-order valence-electron chi connectivity index (χ1n) is 8.62. The zero-order valence-electron chi connectivity index (χ0n) is 14.5. The number of aryl methyl sites for hydroxylation is 1. The van der Waals surface area contributed by atoms with Crippen LogP contribution < -0.4 is 9.47 Å². The molecule has 1 fully saturated rings. The lowest BCUT2D eigenvalue weighted by atomic mass is 10.2. The average molecular weight is 379 g/mol. The molecule has 9 heteroatoms. The predicted octanol–water partition coefficient (Wildman–Crippen LogP) is 1.44. The van der Waals surface area contributed by atoms with Crippen LogP contribution in [0.3, 0.4) is 0 Å². The SMILES string of the molecule is CCn1cc([C@@H]2CN(S(=O)(=O)c3cccc4c3OCCO4)CCO2)cn1. The van der Waals surface area contributed by atoms with E-state index in [2.05, 4.69) is 5.10 Å². The van der Waals surface area contributed by atoms with Crippen molar-refractivity contribution in [1.82, 2.24) is 14.1 Å². The second-order valence-electron chi connectivity index (χ2n) is 6.13. The van der Waals surface area contributed by atoms with E-state index in [-0.39, 0.29) is 17.5 Å². The van der Waals surface area contributed by atoms with Gasteiger partial charge in [-0.1, -0.05) is 6.07 Å². The van der Waals surface area contributed by atoms with Gasteiger partial charge in [0.05, 0.1) is 18.9 Å². The number of rotatable bonds is 4. The zero-order valence-corrected chi connectivity index (χ0v) is 15.3. The van der Waals surface area contributed by atoms with E-state index >= 15 is 0 Å². The van der Waals surface area contributed by atoms with Crippen molar-refractivity contribution >= 4 is 10.0 Å². The fraction of sp³-hybridized carbons (Fsp3) is 0.471. The number of ether oxygens (including phenoxy) is 3. The lowest BCUT2D eigenvalue weighted by Crippen LogP contribution is -2.42. The minimum atomic E-state index is -3.72. The Morgan fingerprint density at radius 1 is 1.23 bits per heavy atom. The Morgan fingerprint density at radius 2 is 2.08 bits per heavy atom. The van der Waals surface area contributed by atoms with Gasteiger partial charge in [0, 0.05) is 31.4 Å².